The number of rotatable bonds is 11. The zero-order chi connectivity index (χ0) is 27.4. The third-order valence-corrected chi connectivity index (χ3v) is 6.99. The Morgan fingerprint density at radius 1 is 1.27 bits per heavy atom. The highest BCUT2D eigenvalue weighted by Gasteiger charge is 2.57. The molecule has 0 amide bonds. The van der Waals surface area contributed by atoms with Gasteiger partial charge in [-0.25, -0.2) is 13.8 Å². The minimum absolute atomic E-state index is 0.119. The van der Waals surface area contributed by atoms with Crippen LogP contribution in [-0.4, -0.2) is 69.0 Å². The maximum Gasteiger partial charge on any atom is 0.459 e. The molecule has 2 unspecified atom stereocenters. The molecule has 0 bridgehead atoms. The van der Waals surface area contributed by atoms with Crippen LogP contribution in [0.15, 0.2) is 52.2 Å². The quantitative estimate of drug-likeness (QED) is 0.230. The monoisotopic (exact) mass is 545 g/mol. The molecular weight excluding hydrogens is 516 g/mol. The minimum atomic E-state index is -4.37. The van der Waals surface area contributed by atoms with Crippen LogP contribution in [0.25, 0.3) is 0 Å². The average Bonchev–Trinajstić information content (AvgIpc) is 3.08. The summed E-state index contributed by atoms with van der Waals surface area (Å²) in [5.41, 5.74) is -4.36. The number of hydrogen-bond acceptors (Lipinski definition) is 10. The summed E-state index contributed by atoms with van der Waals surface area (Å²) in [6, 6.07) is 7.66. The number of alkyl halides is 1. The first-order valence-electron chi connectivity index (χ1n) is 11.3. The molecule has 15 heteroatoms. The number of esters is 1. The molecule has 2 heterocycles. The molecule has 1 aromatic carbocycles. The summed E-state index contributed by atoms with van der Waals surface area (Å²) in [4.78, 5) is 37.8. The molecule has 0 saturated carbocycles. The lowest BCUT2D eigenvalue weighted by Crippen LogP contribution is -2.51. The van der Waals surface area contributed by atoms with Gasteiger partial charge in [0.05, 0.1) is 12.7 Å². The van der Waals surface area contributed by atoms with E-state index >= 15 is 0 Å². The summed E-state index contributed by atoms with van der Waals surface area (Å²) < 4.78 is 49.7. The van der Waals surface area contributed by atoms with Crippen molar-refractivity contribution in [2.24, 2.45) is 0 Å². The number of aliphatic hydroxyl groups is 2. The Morgan fingerprint density at radius 3 is 2.54 bits per heavy atom. The van der Waals surface area contributed by atoms with Crippen LogP contribution in [0.5, 0.6) is 5.75 Å². The number of aromatic amines is 1. The van der Waals surface area contributed by atoms with Crippen LogP contribution in [0.4, 0.5) is 4.39 Å². The summed E-state index contributed by atoms with van der Waals surface area (Å²) in [7, 11) is -4.37. The normalized spacial score (nSPS) is 26.0. The van der Waals surface area contributed by atoms with Crippen LogP contribution in [0, 0.1) is 0 Å². The van der Waals surface area contributed by atoms with Gasteiger partial charge in [0.1, 0.15) is 30.7 Å². The molecule has 204 valence electrons. The smallest absolute Gasteiger partial charge is 0.459 e. The van der Waals surface area contributed by atoms with Gasteiger partial charge in [0.15, 0.2) is 11.8 Å². The van der Waals surface area contributed by atoms with Gasteiger partial charge in [0, 0.05) is 12.3 Å². The van der Waals surface area contributed by atoms with Crippen LogP contribution >= 0.6 is 7.75 Å². The first kappa shape index (κ1) is 28.7. The summed E-state index contributed by atoms with van der Waals surface area (Å²) in [6.45, 7) is 2.39. The van der Waals surface area contributed by atoms with Crippen LogP contribution in [0.2, 0.25) is 0 Å². The second-order valence-corrected chi connectivity index (χ2v) is 10.3. The van der Waals surface area contributed by atoms with Crippen molar-refractivity contribution in [3.05, 3.63) is 63.4 Å². The summed E-state index contributed by atoms with van der Waals surface area (Å²) in [5, 5.41) is 23.9. The summed E-state index contributed by atoms with van der Waals surface area (Å²) >= 11 is 0. The number of aliphatic hydroxyl groups excluding tert-OH is 1. The van der Waals surface area contributed by atoms with Crippen LogP contribution < -0.4 is 20.9 Å². The van der Waals surface area contributed by atoms with Gasteiger partial charge < -0.3 is 24.2 Å². The van der Waals surface area contributed by atoms with Gasteiger partial charge in [-0.15, -0.1) is 0 Å². The Bertz CT molecular complexity index is 1240. The van der Waals surface area contributed by atoms with Gasteiger partial charge in [-0.2, -0.15) is 5.09 Å². The topological polar surface area (TPSA) is 178 Å². The molecule has 1 fully saturated rings. The van der Waals surface area contributed by atoms with Gasteiger partial charge in [-0.1, -0.05) is 18.2 Å². The number of nitrogens with one attached hydrogen (secondary N) is 2. The van der Waals surface area contributed by atoms with E-state index in [2.05, 4.69) is 5.09 Å². The van der Waals surface area contributed by atoms with Crippen LogP contribution in [-0.2, 0) is 23.4 Å². The van der Waals surface area contributed by atoms with E-state index in [1.165, 1.54) is 19.1 Å². The number of nitrogens with zero attached hydrogens (tertiary/aromatic N) is 1. The Kier molecular flexibility index (Phi) is 9.05. The Balaban J connectivity index is 1.83. The predicted molar refractivity (Wildman–Crippen MR) is 127 cm³/mol. The highest BCUT2D eigenvalue weighted by atomic mass is 31.2. The third-order valence-electron chi connectivity index (χ3n) is 5.35. The highest BCUT2D eigenvalue weighted by molar-refractivity contribution is 7.52. The molecule has 1 aromatic heterocycles. The predicted octanol–water partition coefficient (Wildman–Crippen LogP) is 0.629. The number of aromatic nitrogens is 2. The molecule has 0 radical (unpaired) electrons. The van der Waals surface area contributed by atoms with Crippen molar-refractivity contribution < 1.29 is 42.5 Å². The van der Waals surface area contributed by atoms with E-state index in [9.17, 15) is 33.6 Å². The number of carbonyl (C=O) groups excluding carboxylic acids is 1. The maximum atomic E-state index is 13.9. The SMILES string of the molecule is CC(C)OC(=O)[C@H](C)NP(=O)(OC[C@H]1O[C@@H](n2ccc(=O)[nH]c2=O)[C@@](O)(CF)C1O)Oc1ccccc1. The van der Waals surface area contributed by atoms with Crippen molar-refractivity contribution in [3.63, 3.8) is 0 Å². The molecule has 1 aliphatic heterocycles. The molecule has 1 saturated heterocycles. The fourth-order valence-corrected chi connectivity index (χ4v) is 5.03. The number of benzene rings is 1. The number of carbonyl (C=O) groups is 1. The minimum Gasteiger partial charge on any atom is -0.462 e. The molecule has 2 aromatic rings. The standard InChI is InChI=1S/C22H29FN3O10P/c1-13(2)34-19(29)14(3)25-37(32,36-15-7-5-4-6-8-15)33-11-16-18(28)22(31,12-23)20(35-16)26-10-9-17(27)24-21(26)30/h4-10,13-14,16,18,20,28,31H,11-12H2,1-3H3,(H,25,32)(H,24,27,30)/t14-,16+,18?,20+,22+,37?/m0/s1. The Labute approximate surface area is 210 Å². The van der Waals surface area contributed by atoms with E-state index in [0.29, 0.717) is 4.57 Å². The third kappa shape index (κ3) is 6.72. The van der Waals surface area contributed by atoms with Gasteiger partial charge in [0.25, 0.3) is 5.56 Å². The van der Waals surface area contributed by atoms with Crippen molar-refractivity contribution in [1.29, 1.82) is 0 Å². The molecule has 0 spiro atoms. The second-order valence-electron chi connectivity index (χ2n) is 8.65. The van der Waals surface area contributed by atoms with E-state index in [4.69, 9.17) is 18.5 Å². The zero-order valence-corrected chi connectivity index (χ0v) is 21.2. The zero-order valence-electron chi connectivity index (χ0n) is 20.3. The van der Waals surface area contributed by atoms with Gasteiger partial charge in [0.2, 0.25) is 0 Å². The average molecular weight is 545 g/mol. The molecule has 0 aliphatic carbocycles. The Hall–Kier alpha value is -2.87. The van der Waals surface area contributed by atoms with Crippen molar-refractivity contribution in [3.8, 4) is 5.75 Å². The van der Waals surface area contributed by atoms with Crippen molar-refractivity contribution >= 4 is 13.7 Å². The Morgan fingerprint density at radius 2 is 1.95 bits per heavy atom. The van der Waals surface area contributed by atoms with Gasteiger partial charge in [-0.05, 0) is 32.9 Å². The number of halogens is 1. The van der Waals surface area contributed by atoms with Crippen molar-refractivity contribution in [2.45, 2.75) is 57.0 Å². The first-order valence-corrected chi connectivity index (χ1v) is 12.8. The maximum absolute atomic E-state index is 13.9. The van der Waals surface area contributed by atoms with E-state index in [1.54, 1.807) is 32.0 Å². The second kappa shape index (κ2) is 11.7. The number of ether oxygens (including phenoxy) is 2. The van der Waals surface area contributed by atoms with E-state index in [1.807, 2.05) is 4.98 Å². The van der Waals surface area contributed by atoms with E-state index < -0.39 is 74.4 Å². The van der Waals surface area contributed by atoms with Crippen LogP contribution in [0.1, 0.15) is 27.0 Å². The molecule has 13 nitrogen and oxygen atoms in total. The molecule has 4 N–H and O–H groups in total. The van der Waals surface area contributed by atoms with Crippen LogP contribution in [0.3, 0.4) is 0 Å². The largest absolute Gasteiger partial charge is 0.462 e. The van der Waals surface area contributed by atoms with E-state index in [0.717, 1.165) is 12.3 Å². The lowest BCUT2D eigenvalue weighted by Gasteiger charge is -2.28. The lowest BCUT2D eigenvalue weighted by molar-refractivity contribution is -0.149. The fourth-order valence-electron chi connectivity index (χ4n) is 3.53. The summed E-state index contributed by atoms with van der Waals surface area (Å²) in [5.74, 6) is -0.620. The van der Waals surface area contributed by atoms with Crippen molar-refractivity contribution in [1.82, 2.24) is 14.6 Å². The van der Waals surface area contributed by atoms with Gasteiger partial charge in [-0.3, -0.25) is 23.7 Å². The van der Waals surface area contributed by atoms with Crippen molar-refractivity contribution in [2.75, 3.05) is 13.3 Å². The number of H-pyrrole nitrogens is 1. The number of hydrogen-bond donors (Lipinski definition) is 4. The first-order chi connectivity index (χ1) is 17.4. The molecule has 6 atom stereocenters. The number of para-hydroxylation sites is 1. The molecular formula is C22H29FN3O10P. The summed E-state index contributed by atoms with van der Waals surface area (Å²) in [6.07, 6.45) is -4.68. The van der Waals surface area contributed by atoms with E-state index in [-0.39, 0.29) is 5.75 Å². The molecule has 37 heavy (non-hydrogen) atoms. The molecule has 3 rings (SSSR count). The van der Waals surface area contributed by atoms with Gasteiger partial charge >= 0.3 is 19.4 Å². The fraction of sp³-hybridized carbons (Fsp3) is 0.500. The highest BCUT2D eigenvalue weighted by Crippen LogP contribution is 2.47. The lowest BCUT2D eigenvalue weighted by atomic mass is 9.95. The molecule has 1 aliphatic rings.